The van der Waals surface area contributed by atoms with Gasteiger partial charge in [-0.25, -0.2) is 9.37 Å². The first-order valence-corrected chi connectivity index (χ1v) is 9.69. The Bertz CT molecular complexity index is 1310. The van der Waals surface area contributed by atoms with E-state index in [9.17, 15) is 14.8 Å². The van der Waals surface area contributed by atoms with Crippen LogP contribution in [0.1, 0.15) is 11.3 Å². The van der Waals surface area contributed by atoms with E-state index in [-0.39, 0.29) is 28.4 Å². The number of aromatic nitrogens is 2. The summed E-state index contributed by atoms with van der Waals surface area (Å²) < 4.78 is 16.4. The van der Waals surface area contributed by atoms with Crippen LogP contribution >= 0.6 is 23.2 Å². The van der Waals surface area contributed by atoms with E-state index in [0.717, 1.165) is 5.56 Å². The highest BCUT2D eigenvalue weighted by Crippen LogP contribution is 2.39. The minimum absolute atomic E-state index is 0.0162. The number of rotatable bonds is 3. The van der Waals surface area contributed by atoms with Gasteiger partial charge in [-0.3, -0.25) is 4.57 Å². The van der Waals surface area contributed by atoms with Gasteiger partial charge in [0.1, 0.15) is 23.5 Å². The summed E-state index contributed by atoms with van der Waals surface area (Å²) in [5.74, 6) is -0.338. The average molecular weight is 438 g/mol. The summed E-state index contributed by atoms with van der Waals surface area (Å²) in [7, 11) is 0. The summed E-state index contributed by atoms with van der Waals surface area (Å²) >= 11 is 12.3. The maximum absolute atomic E-state index is 14.9. The van der Waals surface area contributed by atoms with Crippen LogP contribution in [0.5, 0.6) is 5.75 Å². The number of phenols is 1. The topological polar surface area (TPSA) is 61.8 Å². The second-order valence-electron chi connectivity index (χ2n) is 6.70. The maximum atomic E-state index is 14.9. The number of aryl methyl sites for hydroxylation is 1. The first kappa shape index (κ1) is 20.0. The second kappa shape index (κ2) is 7.83. The third kappa shape index (κ3) is 3.52. The number of nitriles is 1. The highest BCUT2D eigenvalue weighted by Gasteiger charge is 2.25. The van der Waals surface area contributed by atoms with Crippen molar-refractivity contribution in [2.24, 2.45) is 0 Å². The van der Waals surface area contributed by atoms with Crippen molar-refractivity contribution in [2.45, 2.75) is 6.92 Å². The Hall–Kier alpha value is -3.33. The van der Waals surface area contributed by atoms with Crippen molar-refractivity contribution >= 4 is 23.2 Å². The molecule has 0 bridgehead atoms. The number of hydrogen-bond acceptors (Lipinski definition) is 3. The molecule has 0 saturated carbocycles. The summed E-state index contributed by atoms with van der Waals surface area (Å²) in [4.78, 5) is 4.46. The monoisotopic (exact) mass is 437 g/mol. The number of hydrogen-bond donors (Lipinski definition) is 1. The molecular formula is C23H14Cl2FN3O. The van der Waals surface area contributed by atoms with Crippen LogP contribution in [0.4, 0.5) is 4.39 Å². The highest BCUT2D eigenvalue weighted by atomic mass is 35.5. The number of imidazole rings is 1. The SMILES string of the molecule is Cc1ccc(-c2nc(C#N)c(-c3cc(Cl)ccc3O)n2-c2cc(Cl)ccc2F)cc1. The van der Waals surface area contributed by atoms with Crippen LogP contribution in [0, 0.1) is 24.1 Å². The Morgan fingerprint density at radius 1 is 1.00 bits per heavy atom. The third-order valence-electron chi connectivity index (χ3n) is 4.66. The van der Waals surface area contributed by atoms with Crippen LogP contribution in [0.2, 0.25) is 10.0 Å². The summed E-state index contributed by atoms with van der Waals surface area (Å²) in [6.45, 7) is 1.95. The van der Waals surface area contributed by atoms with Gasteiger partial charge in [-0.15, -0.1) is 0 Å². The lowest BCUT2D eigenvalue weighted by Gasteiger charge is -2.15. The van der Waals surface area contributed by atoms with Crippen LogP contribution < -0.4 is 0 Å². The van der Waals surface area contributed by atoms with Crippen molar-refractivity contribution in [3.8, 4) is 40.2 Å². The van der Waals surface area contributed by atoms with E-state index in [1.165, 1.54) is 41.0 Å². The molecule has 0 aliphatic heterocycles. The molecule has 0 fully saturated rings. The van der Waals surface area contributed by atoms with E-state index >= 15 is 0 Å². The van der Waals surface area contributed by atoms with E-state index in [1.54, 1.807) is 0 Å². The molecule has 4 nitrogen and oxygen atoms in total. The molecule has 1 heterocycles. The zero-order chi connectivity index (χ0) is 21.4. The molecule has 3 aromatic carbocycles. The summed E-state index contributed by atoms with van der Waals surface area (Å²) in [6.07, 6.45) is 0. The Morgan fingerprint density at radius 2 is 1.67 bits per heavy atom. The fourth-order valence-electron chi connectivity index (χ4n) is 3.23. The van der Waals surface area contributed by atoms with Gasteiger partial charge in [-0.05, 0) is 43.3 Å². The minimum atomic E-state index is -0.558. The minimum Gasteiger partial charge on any atom is -0.507 e. The van der Waals surface area contributed by atoms with Gasteiger partial charge >= 0.3 is 0 Å². The van der Waals surface area contributed by atoms with E-state index in [2.05, 4.69) is 4.98 Å². The number of nitrogens with zero attached hydrogens (tertiary/aromatic N) is 3. The Morgan fingerprint density at radius 3 is 2.37 bits per heavy atom. The Labute approximate surface area is 182 Å². The van der Waals surface area contributed by atoms with Crippen LogP contribution in [-0.4, -0.2) is 14.7 Å². The molecule has 4 aromatic rings. The van der Waals surface area contributed by atoms with Crippen molar-refractivity contribution < 1.29 is 9.50 Å². The Balaban J connectivity index is 2.14. The van der Waals surface area contributed by atoms with Crippen molar-refractivity contribution in [3.05, 3.63) is 87.8 Å². The molecule has 0 spiro atoms. The van der Waals surface area contributed by atoms with Gasteiger partial charge in [-0.2, -0.15) is 5.26 Å². The normalized spacial score (nSPS) is 10.8. The van der Waals surface area contributed by atoms with Gasteiger partial charge in [-0.1, -0.05) is 53.0 Å². The van der Waals surface area contributed by atoms with Crippen LogP contribution in [0.25, 0.3) is 28.3 Å². The molecule has 0 saturated heterocycles. The third-order valence-corrected chi connectivity index (χ3v) is 5.13. The van der Waals surface area contributed by atoms with E-state index in [1.807, 2.05) is 37.3 Å². The number of aromatic hydroxyl groups is 1. The zero-order valence-corrected chi connectivity index (χ0v) is 17.2. The smallest absolute Gasteiger partial charge is 0.167 e. The van der Waals surface area contributed by atoms with Crippen molar-refractivity contribution in [1.82, 2.24) is 9.55 Å². The van der Waals surface area contributed by atoms with Crippen molar-refractivity contribution in [3.63, 3.8) is 0 Å². The van der Waals surface area contributed by atoms with Gasteiger partial charge in [0.25, 0.3) is 0 Å². The quantitative estimate of drug-likeness (QED) is 0.395. The molecular weight excluding hydrogens is 424 g/mol. The molecule has 0 unspecified atom stereocenters. The molecule has 30 heavy (non-hydrogen) atoms. The number of phenolic OH excluding ortho intramolecular Hbond substituents is 1. The lowest BCUT2D eigenvalue weighted by atomic mass is 10.1. The molecule has 1 N–H and O–H groups in total. The predicted molar refractivity (Wildman–Crippen MR) is 116 cm³/mol. The summed E-state index contributed by atoms with van der Waals surface area (Å²) in [6, 6.07) is 18.1. The highest BCUT2D eigenvalue weighted by molar-refractivity contribution is 6.31. The predicted octanol–water partition coefficient (Wildman–Crippen LogP) is 6.54. The first-order chi connectivity index (χ1) is 14.4. The van der Waals surface area contributed by atoms with Crippen LogP contribution in [-0.2, 0) is 0 Å². The van der Waals surface area contributed by atoms with Gasteiger partial charge in [0.2, 0.25) is 0 Å². The molecule has 0 aliphatic carbocycles. The lowest BCUT2D eigenvalue weighted by Crippen LogP contribution is -2.03. The Kier molecular flexibility index (Phi) is 5.21. The van der Waals surface area contributed by atoms with E-state index < -0.39 is 5.82 Å². The summed E-state index contributed by atoms with van der Waals surface area (Å²) in [5.41, 5.74) is 2.30. The molecule has 0 radical (unpaired) electrons. The van der Waals surface area contributed by atoms with Gasteiger partial charge in [0.05, 0.1) is 11.4 Å². The fraction of sp³-hybridized carbons (Fsp3) is 0.0435. The average Bonchev–Trinajstić information content (AvgIpc) is 3.11. The van der Waals surface area contributed by atoms with Gasteiger partial charge in [0.15, 0.2) is 5.69 Å². The van der Waals surface area contributed by atoms with Crippen LogP contribution in [0.15, 0.2) is 60.7 Å². The maximum Gasteiger partial charge on any atom is 0.167 e. The van der Waals surface area contributed by atoms with Crippen molar-refractivity contribution in [2.75, 3.05) is 0 Å². The molecule has 0 atom stereocenters. The zero-order valence-electron chi connectivity index (χ0n) is 15.7. The van der Waals surface area contributed by atoms with E-state index in [0.29, 0.717) is 21.4 Å². The standard InChI is InChI=1S/C23H14Cl2FN3O/c1-13-2-4-14(5-3-13)23-28-19(12-27)22(17-10-15(24)7-9-21(17)30)29(23)20-11-16(25)6-8-18(20)26/h2-11,30H,1H3. The van der Waals surface area contributed by atoms with Crippen molar-refractivity contribution in [1.29, 1.82) is 5.26 Å². The van der Waals surface area contributed by atoms with E-state index in [4.69, 9.17) is 23.2 Å². The molecule has 1 aromatic heterocycles. The number of halogens is 3. The molecule has 0 amide bonds. The molecule has 148 valence electrons. The molecule has 7 heteroatoms. The molecule has 4 rings (SSSR count). The van der Waals surface area contributed by atoms with Gasteiger partial charge in [0, 0.05) is 21.2 Å². The first-order valence-electron chi connectivity index (χ1n) is 8.93. The van der Waals surface area contributed by atoms with Gasteiger partial charge < -0.3 is 5.11 Å². The van der Waals surface area contributed by atoms with Crippen LogP contribution in [0.3, 0.4) is 0 Å². The molecule has 0 aliphatic rings. The fourth-order valence-corrected chi connectivity index (χ4v) is 3.57. The second-order valence-corrected chi connectivity index (χ2v) is 7.58. The largest absolute Gasteiger partial charge is 0.507 e. The summed E-state index contributed by atoms with van der Waals surface area (Å²) in [5, 5.41) is 20.9. The number of benzene rings is 3. The lowest BCUT2D eigenvalue weighted by molar-refractivity contribution is 0.477.